The Morgan fingerprint density at radius 3 is 2.88 bits per heavy atom. The van der Waals surface area contributed by atoms with E-state index in [1.807, 2.05) is 46.8 Å². The van der Waals surface area contributed by atoms with Crippen LogP contribution in [-0.4, -0.2) is 56.1 Å². The van der Waals surface area contributed by atoms with Crippen LogP contribution >= 0.6 is 11.8 Å². The standard InChI is InChI=1S/C18H24N4O2S/c1-21-17(15-7-3-2-4-8-15)19-20-18(21)25-11-9-16(24)22-10-5-6-14(12-22)13-23/h2-4,7-8,14,23H,5-6,9-13H2,1H3. The summed E-state index contributed by atoms with van der Waals surface area (Å²) >= 11 is 1.55. The zero-order valence-corrected chi connectivity index (χ0v) is 15.3. The molecule has 6 nitrogen and oxygen atoms in total. The molecule has 0 aliphatic carbocycles. The topological polar surface area (TPSA) is 71.2 Å². The van der Waals surface area contributed by atoms with Crippen molar-refractivity contribution in [3.63, 3.8) is 0 Å². The van der Waals surface area contributed by atoms with E-state index in [0.29, 0.717) is 18.7 Å². The smallest absolute Gasteiger partial charge is 0.223 e. The van der Waals surface area contributed by atoms with E-state index in [1.165, 1.54) is 0 Å². The third-order valence-electron chi connectivity index (χ3n) is 4.54. The summed E-state index contributed by atoms with van der Waals surface area (Å²) in [5, 5.41) is 18.6. The number of piperidine rings is 1. The molecule has 0 bridgehead atoms. The van der Waals surface area contributed by atoms with Gasteiger partial charge in [-0.3, -0.25) is 4.79 Å². The minimum atomic E-state index is 0.163. The van der Waals surface area contributed by atoms with Gasteiger partial charge in [0.1, 0.15) is 0 Å². The fourth-order valence-electron chi connectivity index (χ4n) is 3.11. The van der Waals surface area contributed by atoms with Crippen molar-refractivity contribution in [1.82, 2.24) is 19.7 Å². The summed E-state index contributed by atoms with van der Waals surface area (Å²) in [5.74, 6) is 1.91. The SMILES string of the molecule is Cn1c(SCCC(=O)N2CCCC(CO)C2)nnc1-c1ccccc1. The molecule has 1 atom stereocenters. The molecule has 1 aromatic heterocycles. The van der Waals surface area contributed by atoms with E-state index in [1.54, 1.807) is 11.8 Å². The van der Waals surface area contributed by atoms with Crippen LogP contribution in [0, 0.1) is 5.92 Å². The molecule has 25 heavy (non-hydrogen) atoms. The van der Waals surface area contributed by atoms with Crippen LogP contribution in [-0.2, 0) is 11.8 Å². The van der Waals surface area contributed by atoms with Crippen molar-refractivity contribution in [3.05, 3.63) is 30.3 Å². The first-order valence-corrected chi connectivity index (χ1v) is 9.64. The van der Waals surface area contributed by atoms with Crippen LogP contribution in [0.5, 0.6) is 0 Å². The molecule has 3 rings (SSSR count). The fraction of sp³-hybridized carbons (Fsp3) is 0.500. The first-order chi connectivity index (χ1) is 12.2. The minimum absolute atomic E-state index is 0.163. The molecule has 1 amide bonds. The second-order valence-electron chi connectivity index (χ2n) is 6.36. The molecule has 1 aromatic carbocycles. The molecule has 1 fully saturated rings. The molecule has 2 heterocycles. The maximum atomic E-state index is 12.3. The van der Waals surface area contributed by atoms with Crippen LogP contribution < -0.4 is 0 Å². The second kappa shape index (κ2) is 8.49. The Morgan fingerprint density at radius 2 is 2.12 bits per heavy atom. The summed E-state index contributed by atoms with van der Waals surface area (Å²) in [7, 11) is 1.95. The van der Waals surface area contributed by atoms with E-state index in [4.69, 9.17) is 0 Å². The molecule has 1 aliphatic rings. The zero-order chi connectivity index (χ0) is 17.6. The Hall–Kier alpha value is -1.86. The van der Waals surface area contributed by atoms with Crippen LogP contribution in [0.15, 0.2) is 35.5 Å². The Morgan fingerprint density at radius 1 is 1.32 bits per heavy atom. The number of aliphatic hydroxyl groups excluding tert-OH is 1. The van der Waals surface area contributed by atoms with Gasteiger partial charge in [-0.05, 0) is 18.8 Å². The number of hydrogen-bond donors (Lipinski definition) is 1. The van der Waals surface area contributed by atoms with Gasteiger partial charge < -0.3 is 14.6 Å². The highest BCUT2D eigenvalue weighted by atomic mass is 32.2. The molecule has 1 unspecified atom stereocenters. The van der Waals surface area contributed by atoms with Crippen molar-refractivity contribution >= 4 is 17.7 Å². The lowest BCUT2D eigenvalue weighted by Crippen LogP contribution is -2.41. The lowest BCUT2D eigenvalue weighted by atomic mass is 9.99. The van der Waals surface area contributed by atoms with Crippen LogP contribution in [0.25, 0.3) is 11.4 Å². The highest BCUT2D eigenvalue weighted by molar-refractivity contribution is 7.99. The maximum Gasteiger partial charge on any atom is 0.223 e. The number of rotatable bonds is 6. The van der Waals surface area contributed by atoms with E-state index >= 15 is 0 Å². The molecule has 1 aliphatic heterocycles. The van der Waals surface area contributed by atoms with Gasteiger partial charge in [0.05, 0.1) is 0 Å². The van der Waals surface area contributed by atoms with Crippen LogP contribution in [0.3, 0.4) is 0 Å². The molecule has 0 spiro atoms. The number of amides is 1. The van der Waals surface area contributed by atoms with Crippen molar-refractivity contribution in [2.45, 2.75) is 24.4 Å². The fourth-order valence-corrected chi connectivity index (χ4v) is 3.95. The molecule has 2 aromatic rings. The molecule has 1 N–H and O–H groups in total. The molecule has 7 heteroatoms. The molecule has 0 radical (unpaired) electrons. The predicted octanol–water partition coefficient (Wildman–Crippen LogP) is 2.20. The highest BCUT2D eigenvalue weighted by Gasteiger charge is 2.23. The van der Waals surface area contributed by atoms with Crippen molar-refractivity contribution < 1.29 is 9.90 Å². The second-order valence-corrected chi connectivity index (χ2v) is 7.42. The summed E-state index contributed by atoms with van der Waals surface area (Å²) in [6.45, 7) is 1.66. The molecule has 134 valence electrons. The molecular formula is C18H24N4O2S. The van der Waals surface area contributed by atoms with Crippen molar-refractivity contribution in [2.24, 2.45) is 13.0 Å². The lowest BCUT2D eigenvalue weighted by Gasteiger charge is -2.31. The normalized spacial score (nSPS) is 17.7. The Labute approximate surface area is 152 Å². The maximum absolute atomic E-state index is 12.3. The number of nitrogens with zero attached hydrogens (tertiary/aromatic N) is 4. The van der Waals surface area contributed by atoms with Crippen molar-refractivity contribution in [1.29, 1.82) is 0 Å². The summed E-state index contributed by atoms with van der Waals surface area (Å²) in [6.07, 6.45) is 2.47. The van der Waals surface area contributed by atoms with Crippen LogP contribution in [0.1, 0.15) is 19.3 Å². The summed E-state index contributed by atoms with van der Waals surface area (Å²) in [4.78, 5) is 14.2. The first-order valence-electron chi connectivity index (χ1n) is 8.65. The van der Waals surface area contributed by atoms with Gasteiger partial charge in [-0.25, -0.2) is 0 Å². The van der Waals surface area contributed by atoms with Gasteiger partial charge >= 0.3 is 0 Å². The summed E-state index contributed by atoms with van der Waals surface area (Å²) in [5.41, 5.74) is 1.03. The average Bonchev–Trinajstić information content (AvgIpc) is 3.03. The number of aromatic nitrogens is 3. The van der Waals surface area contributed by atoms with Gasteiger partial charge in [-0.1, -0.05) is 42.1 Å². The van der Waals surface area contributed by atoms with E-state index in [0.717, 1.165) is 35.9 Å². The molecule has 1 saturated heterocycles. The van der Waals surface area contributed by atoms with Crippen LogP contribution in [0.4, 0.5) is 0 Å². The third-order valence-corrected chi connectivity index (χ3v) is 5.57. The van der Waals surface area contributed by atoms with Gasteiger partial charge in [0.2, 0.25) is 5.91 Å². The summed E-state index contributed by atoms with van der Waals surface area (Å²) < 4.78 is 1.97. The van der Waals surface area contributed by atoms with Crippen LogP contribution in [0.2, 0.25) is 0 Å². The van der Waals surface area contributed by atoms with Gasteiger partial charge in [-0.15, -0.1) is 10.2 Å². The van der Waals surface area contributed by atoms with E-state index < -0.39 is 0 Å². The number of hydrogen-bond acceptors (Lipinski definition) is 5. The monoisotopic (exact) mass is 360 g/mol. The van der Waals surface area contributed by atoms with E-state index in [2.05, 4.69) is 10.2 Å². The number of benzene rings is 1. The van der Waals surface area contributed by atoms with Crippen molar-refractivity contribution in [2.75, 3.05) is 25.4 Å². The Balaban J connectivity index is 1.52. The van der Waals surface area contributed by atoms with Gasteiger partial charge in [0, 0.05) is 44.5 Å². The first kappa shape index (κ1) is 17.9. The lowest BCUT2D eigenvalue weighted by molar-refractivity contribution is -0.132. The summed E-state index contributed by atoms with van der Waals surface area (Å²) in [6, 6.07) is 9.95. The minimum Gasteiger partial charge on any atom is -0.396 e. The average molecular weight is 360 g/mol. The Kier molecular flexibility index (Phi) is 6.09. The highest BCUT2D eigenvalue weighted by Crippen LogP contribution is 2.23. The Bertz CT molecular complexity index is 704. The number of thioether (sulfide) groups is 1. The van der Waals surface area contributed by atoms with Gasteiger partial charge in [-0.2, -0.15) is 0 Å². The quantitative estimate of drug-likeness (QED) is 0.800. The number of carbonyl (C=O) groups excluding carboxylic acids is 1. The van der Waals surface area contributed by atoms with E-state index in [-0.39, 0.29) is 18.4 Å². The molecular weight excluding hydrogens is 336 g/mol. The van der Waals surface area contributed by atoms with Gasteiger partial charge in [0.15, 0.2) is 11.0 Å². The van der Waals surface area contributed by atoms with E-state index in [9.17, 15) is 9.90 Å². The zero-order valence-electron chi connectivity index (χ0n) is 14.5. The predicted molar refractivity (Wildman–Crippen MR) is 98.2 cm³/mol. The number of likely N-dealkylation sites (tertiary alicyclic amines) is 1. The van der Waals surface area contributed by atoms with Gasteiger partial charge in [0.25, 0.3) is 0 Å². The molecule has 0 saturated carbocycles. The largest absolute Gasteiger partial charge is 0.396 e. The number of aliphatic hydroxyl groups is 1. The third kappa shape index (κ3) is 4.41. The van der Waals surface area contributed by atoms with Crippen molar-refractivity contribution in [3.8, 4) is 11.4 Å². The number of carbonyl (C=O) groups is 1.